The Hall–Kier alpha value is -4.84. The standard InChI is InChI=1S/C33H29N5O/c1-22(2)36-21-37(33-30(36)17-14-23(3)35-33)24-9-8-10-25(19-24)39-26-15-16-28-27-11-4-5-12-29(27)38(31(28)20-26)32-13-6-7-18-34-32/h4-20,22H,21H2,1-3H3/i6D. The van der Waals surface area contributed by atoms with Crippen molar-refractivity contribution in [2.75, 3.05) is 16.5 Å². The van der Waals surface area contributed by atoms with E-state index in [1.807, 2.05) is 37.3 Å². The number of hydrogen-bond acceptors (Lipinski definition) is 5. The molecule has 192 valence electrons. The van der Waals surface area contributed by atoms with Gasteiger partial charge in [0.25, 0.3) is 0 Å². The largest absolute Gasteiger partial charge is 0.457 e. The van der Waals surface area contributed by atoms with E-state index in [0.29, 0.717) is 17.9 Å². The molecule has 39 heavy (non-hydrogen) atoms. The van der Waals surface area contributed by atoms with Gasteiger partial charge in [-0.3, -0.25) is 4.57 Å². The Labute approximate surface area is 229 Å². The third kappa shape index (κ3) is 3.96. The summed E-state index contributed by atoms with van der Waals surface area (Å²) < 4.78 is 16.7. The minimum Gasteiger partial charge on any atom is -0.457 e. The Kier molecular flexibility index (Phi) is 5.21. The normalized spacial score (nSPS) is 13.4. The summed E-state index contributed by atoms with van der Waals surface area (Å²) in [7, 11) is 0. The molecule has 6 nitrogen and oxygen atoms in total. The van der Waals surface area contributed by atoms with Gasteiger partial charge in [-0.15, -0.1) is 0 Å². The van der Waals surface area contributed by atoms with Crippen LogP contribution in [0.5, 0.6) is 11.5 Å². The number of anilines is 3. The minimum absolute atomic E-state index is 0.358. The molecule has 0 bridgehead atoms. The van der Waals surface area contributed by atoms with E-state index in [2.05, 4.69) is 81.7 Å². The van der Waals surface area contributed by atoms with Crippen LogP contribution in [-0.2, 0) is 0 Å². The number of para-hydroxylation sites is 1. The number of ether oxygens (including phenoxy) is 1. The lowest BCUT2D eigenvalue weighted by atomic mass is 10.1. The number of hydrogen-bond donors (Lipinski definition) is 0. The second-order valence-electron chi connectivity index (χ2n) is 10.2. The van der Waals surface area contributed by atoms with Crippen molar-refractivity contribution in [1.29, 1.82) is 0 Å². The van der Waals surface area contributed by atoms with Crippen molar-refractivity contribution in [1.82, 2.24) is 14.5 Å². The van der Waals surface area contributed by atoms with Crippen molar-refractivity contribution in [3.63, 3.8) is 0 Å². The lowest BCUT2D eigenvalue weighted by Gasteiger charge is -2.24. The molecular formula is C33H29N5O. The first-order valence-corrected chi connectivity index (χ1v) is 13.2. The summed E-state index contributed by atoms with van der Waals surface area (Å²) in [6, 6.07) is 31.1. The topological polar surface area (TPSA) is 46.4 Å². The van der Waals surface area contributed by atoms with Crippen LogP contribution in [0.1, 0.15) is 20.9 Å². The Bertz CT molecular complexity index is 1900. The monoisotopic (exact) mass is 512 g/mol. The fourth-order valence-electron chi connectivity index (χ4n) is 5.45. The van der Waals surface area contributed by atoms with Crippen molar-refractivity contribution in [3.05, 3.63) is 109 Å². The van der Waals surface area contributed by atoms with Gasteiger partial charge in [0.1, 0.15) is 17.3 Å². The van der Waals surface area contributed by atoms with Crippen molar-refractivity contribution in [2.45, 2.75) is 26.8 Å². The van der Waals surface area contributed by atoms with E-state index in [-0.39, 0.29) is 0 Å². The first-order valence-electron chi connectivity index (χ1n) is 13.7. The van der Waals surface area contributed by atoms with Gasteiger partial charge in [0, 0.05) is 46.5 Å². The van der Waals surface area contributed by atoms with Crippen LogP contribution in [-0.4, -0.2) is 27.2 Å². The zero-order chi connectivity index (χ0) is 27.4. The maximum atomic E-state index is 8.14. The summed E-state index contributed by atoms with van der Waals surface area (Å²) in [4.78, 5) is 14.1. The zero-order valence-corrected chi connectivity index (χ0v) is 22.2. The zero-order valence-electron chi connectivity index (χ0n) is 23.2. The number of benzene rings is 3. The SMILES string of the molecule is [2H]c1ccnc(-n2c3ccccc3c3ccc(Oc4cccc(N5CN(C(C)C)c6ccc(C)nc65)c4)cc32)c1. The third-order valence-corrected chi connectivity index (χ3v) is 7.31. The lowest BCUT2D eigenvalue weighted by molar-refractivity contribution is 0.483. The maximum absolute atomic E-state index is 8.14. The average molecular weight is 513 g/mol. The molecule has 0 unspecified atom stereocenters. The molecule has 7 rings (SSSR count). The molecule has 0 saturated heterocycles. The quantitative estimate of drug-likeness (QED) is 0.234. The molecule has 0 radical (unpaired) electrons. The van der Waals surface area contributed by atoms with Gasteiger partial charge in [-0.05, 0) is 75.4 Å². The molecule has 3 aromatic heterocycles. The van der Waals surface area contributed by atoms with E-state index in [1.54, 1.807) is 18.3 Å². The van der Waals surface area contributed by atoms with Crippen LogP contribution in [0.25, 0.3) is 27.6 Å². The molecule has 6 aromatic rings. The van der Waals surface area contributed by atoms with E-state index >= 15 is 0 Å². The molecule has 0 aliphatic carbocycles. The number of pyridine rings is 2. The first kappa shape index (κ1) is 22.2. The van der Waals surface area contributed by atoms with E-state index in [9.17, 15) is 0 Å². The highest BCUT2D eigenvalue weighted by Gasteiger charge is 2.30. The number of nitrogens with zero attached hydrogens (tertiary/aromatic N) is 5. The fourth-order valence-corrected chi connectivity index (χ4v) is 5.45. The van der Waals surface area contributed by atoms with E-state index in [1.165, 1.54) is 0 Å². The minimum atomic E-state index is 0.358. The van der Waals surface area contributed by atoms with Gasteiger partial charge in [0.05, 0.1) is 24.8 Å². The predicted molar refractivity (Wildman–Crippen MR) is 159 cm³/mol. The molecule has 0 spiro atoms. The second-order valence-corrected chi connectivity index (χ2v) is 10.2. The van der Waals surface area contributed by atoms with Crippen molar-refractivity contribution in [2.24, 2.45) is 0 Å². The molecule has 0 N–H and O–H groups in total. The van der Waals surface area contributed by atoms with Crippen LogP contribution in [0.2, 0.25) is 0 Å². The molecule has 0 saturated carbocycles. The molecule has 6 heteroatoms. The Morgan fingerprint density at radius 1 is 0.846 bits per heavy atom. The van der Waals surface area contributed by atoms with Crippen LogP contribution in [0, 0.1) is 6.92 Å². The summed E-state index contributed by atoms with van der Waals surface area (Å²) in [6.45, 7) is 7.18. The van der Waals surface area contributed by atoms with Crippen LogP contribution < -0.4 is 14.5 Å². The summed E-state index contributed by atoms with van der Waals surface area (Å²) >= 11 is 0. The highest BCUT2D eigenvalue weighted by atomic mass is 16.5. The van der Waals surface area contributed by atoms with E-state index in [0.717, 1.165) is 62.9 Å². The smallest absolute Gasteiger partial charge is 0.158 e. The third-order valence-electron chi connectivity index (χ3n) is 7.31. The fraction of sp³-hybridized carbons (Fsp3) is 0.152. The van der Waals surface area contributed by atoms with Gasteiger partial charge in [-0.25, -0.2) is 9.97 Å². The number of aryl methyl sites for hydroxylation is 1. The van der Waals surface area contributed by atoms with Crippen LogP contribution in [0.3, 0.4) is 0 Å². The van der Waals surface area contributed by atoms with Gasteiger partial charge < -0.3 is 14.5 Å². The van der Waals surface area contributed by atoms with Crippen LogP contribution in [0.15, 0.2) is 103 Å². The molecule has 0 amide bonds. The number of fused-ring (bicyclic) bond motifs is 4. The van der Waals surface area contributed by atoms with Gasteiger partial charge >= 0.3 is 0 Å². The Balaban J connectivity index is 1.28. The maximum Gasteiger partial charge on any atom is 0.158 e. The summed E-state index contributed by atoms with van der Waals surface area (Å²) in [5.41, 5.74) is 5.20. The highest BCUT2D eigenvalue weighted by molar-refractivity contribution is 6.09. The van der Waals surface area contributed by atoms with E-state index < -0.39 is 0 Å². The first-order chi connectivity index (χ1) is 19.5. The van der Waals surface area contributed by atoms with E-state index in [4.69, 9.17) is 11.1 Å². The molecule has 1 aliphatic rings. The molecular weight excluding hydrogens is 482 g/mol. The summed E-state index contributed by atoms with van der Waals surface area (Å²) in [5, 5.41) is 2.24. The lowest BCUT2D eigenvalue weighted by Crippen LogP contribution is -2.33. The van der Waals surface area contributed by atoms with Crippen molar-refractivity contribution in [3.8, 4) is 17.3 Å². The molecule has 0 atom stereocenters. The average Bonchev–Trinajstić information content (AvgIpc) is 3.49. The number of aromatic nitrogens is 3. The molecule has 4 heterocycles. The number of rotatable bonds is 5. The molecule has 1 aliphatic heterocycles. The van der Waals surface area contributed by atoms with Crippen molar-refractivity contribution < 1.29 is 6.11 Å². The van der Waals surface area contributed by atoms with Gasteiger partial charge in [0.2, 0.25) is 0 Å². The van der Waals surface area contributed by atoms with Crippen LogP contribution >= 0.6 is 0 Å². The van der Waals surface area contributed by atoms with Gasteiger partial charge in [-0.1, -0.05) is 30.3 Å². The Morgan fingerprint density at radius 3 is 2.56 bits per heavy atom. The summed E-state index contributed by atoms with van der Waals surface area (Å²) in [5.74, 6) is 3.17. The molecule has 0 fully saturated rings. The predicted octanol–water partition coefficient (Wildman–Crippen LogP) is 8.00. The van der Waals surface area contributed by atoms with Crippen molar-refractivity contribution >= 4 is 39.0 Å². The Morgan fingerprint density at radius 2 is 1.69 bits per heavy atom. The van der Waals surface area contributed by atoms with Crippen LogP contribution in [0.4, 0.5) is 17.2 Å². The highest BCUT2D eigenvalue weighted by Crippen LogP contribution is 2.41. The van der Waals surface area contributed by atoms with Gasteiger partial charge in [0.15, 0.2) is 5.82 Å². The molecule has 3 aromatic carbocycles. The van der Waals surface area contributed by atoms with Gasteiger partial charge in [-0.2, -0.15) is 0 Å². The summed E-state index contributed by atoms with van der Waals surface area (Å²) in [6.07, 6.45) is 1.68. The second kappa shape index (κ2) is 9.17.